The van der Waals surface area contributed by atoms with E-state index in [4.69, 9.17) is 0 Å². The quantitative estimate of drug-likeness (QED) is 0.741. The van der Waals surface area contributed by atoms with Gasteiger partial charge < -0.3 is 4.57 Å². The minimum absolute atomic E-state index is 0.923. The fraction of sp³-hybridized carbons (Fsp3) is 0.200. The van der Waals surface area contributed by atoms with Gasteiger partial charge in [-0.25, -0.2) is 0 Å². The van der Waals surface area contributed by atoms with E-state index >= 15 is 0 Å². The standard InChI is InChI=1S/C15H17OP/c1-12-9-10-15(13(2)11-12)17(3,16)14-7-5-4-6-8-14/h4-11H,1-3H3. The van der Waals surface area contributed by atoms with Crippen molar-refractivity contribution in [3.63, 3.8) is 0 Å². The van der Waals surface area contributed by atoms with Crippen molar-refractivity contribution in [3.05, 3.63) is 59.7 Å². The van der Waals surface area contributed by atoms with E-state index in [1.165, 1.54) is 5.56 Å². The van der Waals surface area contributed by atoms with Crippen LogP contribution >= 0.6 is 7.14 Å². The summed E-state index contributed by atoms with van der Waals surface area (Å²) in [6.45, 7) is 5.93. The second-order valence-electron chi connectivity index (χ2n) is 4.55. The van der Waals surface area contributed by atoms with Gasteiger partial charge in [-0.15, -0.1) is 0 Å². The lowest BCUT2D eigenvalue weighted by atomic mass is 10.2. The number of rotatable bonds is 2. The largest absolute Gasteiger partial charge is 0.314 e. The van der Waals surface area contributed by atoms with E-state index in [0.717, 1.165) is 16.2 Å². The molecule has 0 radical (unpaired) electrons. The van der Waals surface area contributed by atoms with Crippen molar-refractivity contribution in [2.45, 2.75) is 13.8 Å². The first-order chi connectivity index (χ1) is 8.01. The van der Waals surface area contributed by atoms with E-state index in [1.54, 1.807) is 0 Å². The summed E-state index contributed by atoms with van der Waals surface area (Å²) in [5.74, 6) is 0. The lowest BCUT2D eigenvalue weighted by Crippen LogP contribution is -2.17. The van der Waals surface area contributed by atoms with Gasteiger partial charge in [0.25, 0.3) is 0 Å². The van der Waals surface area contributed by atoms with Crippen LogP contribution in [0.15, 0.2) is 48.5 Å². The molecule has 2 rings (SSSR count). The average molecular weight is 244 g/mol. The molecule has 1 unspecified atom stereocenters. The van der Waals surface area contributed by atoms with Gasteiger partial charge >= 0.3 is 0 Å². The molecular weight excluding hydrogens is 227 g/mol. The van der Waals surface area contributed by atoms with Crippen LogP contribution in [0.3, 0.4) is 0 Å². The Balaban J connectivity index is 2.56. The molecule has 0 saturated carbocycles. The summed E-state index contributed by atoms with van der Waals surface area (Å²) in [5.41, 5.74) is 2.32. The third-order valence-electron chi connectivity index (χ3n) is 3.06. The second-order valence-corrected chi connectivity index (χ2v) is 7.40. The molecule has 88 valence electrons. The highest BCUT2D eigenvalue weighted by atomic mass is 31.2. The molecule has 0 aromatic heterocycles. The Kier molecular flexibility index (Phi) is 3.22. The second kappa shape index (κ2) is 4.50. The molecule has 0 amide bonds. The van der Waals surface area contributed by atoms with Gasteiger partial charge in [0.15, 0.2) is 0 Å². The minimum atomic E-state index is -2.45. The maximum absolute atomic E-state index is 12.9. The normalized spacial score (nSPS) is 14.3. The Morgan fingerprint density at radius 2 is 1.59 bits per heavy atom. The molecule has 0 bridgehead atoms. The van der Waals surface area contributed by atoms with Gasteiger partial charge in [0, 0.05) is 10.6 Å². The molecule has 0 aliphatic rings. The summed E-state index contributed by atoms with van der Waals surface area (Å²) in [6, 6.07) is 15.8. The number of hydrogen-bond acceptors (Lipinski definition) is 1. The molecule has 0 N–H and O–H groups in total. The molecule has 2 heteroatoms. The van der Waals surface area contributed by atoms with E-state index in [2.05, 4.69) is 13.0 Å². The molecule has 0 aliphatic heterocycles. The Labute approximate surface area is 103 Å². The van der Waals surface area contributed by atoms with Crippen LogP contribution < -0.4 is 10.6 Å². The smallest absolute Gasteiger partial charge is 0.140 e. The molecular formula is C15H17OP. The predicted octanol–water partition coefficient (Wildman–Crippen LogP) is 3.25. The third-order valence-corrected chi connectivity index (χ3v) is 5.77. The van der Waals surface area contributed by atoms with Gasteiger partial charge in [0.2, 0.25) is 0 Å². The van der Waals surface area contributed by atoms with E-state index < -0.39 is 7.14 Å². The number of aryl methyl sites for hydroxylation is 2. The van der Waals surface area contributed by atoms with Crippen LogP contribution in [0, 0.1) is 13.8 Å². The minimum Gasteiger partial charge on any atom is -0.314 e. The maximum Gasteiger partial charge on any atom is 0.140 e. The Morgan fingerprint density at radius 3 is 2.18 bits per heavy atom. The van der Waals surface area contributed by atoms with Crippen molar-refractivity contribution in [2.75, 3.05) is 6.66 Å². The zero-order valence-corrected chi connectivity index (χ0v) is 11.4. The summed E-state index contributed by atoms with van der Waals surface area (Å²) < 4.78 is 12.9. The zero-order chi connectivity index (χ0) is 12.5. The van der Waals surface area contributed by atoms with Crippen LogP contribution in [0.25, 0.3) is 0 Å². The zero-order valence-electron chi connectivity index (χ0n) is 10.5. The van der Waals surface area contributed by atoms with Gasteiger partial charge in [-0.05, 0) is 26.1 Å². The van der Waals surface area contributed by atoms with Crippen molar-refractivity contribution in [3.8, 4) is 0 Å². The van der Waals surface area contributed by atoms with E-state index in [0.29, 0.717) is 0 Å². The van der Waals surface area contributed by atoms with E-state index in [-0.39, 0.29) is 0 Å². The molecule has 2 aromatic carbocycles. The molecule has 1 atom stereocenters. The average Bonchev–Trinajstić information content (AvgIpc) is 2.29. The maximum atomic E-state index is 12.9. The van der Waals surface area contributed by atoms with Crippen molar-refractivity contribution in [1.82, 2.24) is 0 Å². The fourth-order valence-electron chi connectivity index (χ4n) is 2.14. The van der Waals surface area contributed by atoms with Gasteiger partial charge in [0.05, 0.1) is 0 Å². The van der Waals surface area contributed by atoms with Crippen molar-refractivity contribution >= 4 is 17.8 Å². The highest BCUT2D eigenvalue weighted by Crippen LogP contribution is 2.39. The summed E-state index contributed by atoms with van der Waals surface area (Å²) in [4.78, 5) is 0. The molecule has 17 heavy (non-hydrogen) atoms. The highest BCUT2D eigenvalue weighted by Gasteiger charge is 2.22. The van der Waals surface area contributed by atoms with Crippen LogP contribution in [0.4, 0.5) is 0 Å². The van der Waals surface area contributed by atoms with Crippen molar-refractivity contribution in [1.29, 1.82) is 0 Å². The van der Waals surface area contributed by atoms with Crippen molar-refractivity contribution < 1.29 is 4.57 Å². The summed E-state index contributed by atoms with van der Waals surface area (Å²) in [7, 11) is -2.45. The van der Waals surface area contributed by atoms with Crippen LogP contribution in [0.1, 0.15) is 11.1 Å². The first-order valence-corrected chi connectivity index (χ1v) is 7.88. The number of hydrogen-bond donors (Lipinski definition) is 0. The monoisotopic (exact) mass is 244 g/mol. The first-order valence-electron chi connectivity index (χ1n) is 5.73. The van der Waals surface area contributed by atoms with Crippen LogP contribution in [-0.4, -0.2) is 6.66 Å². The van der Waals surface area contributed by atoms with E-state index in [1.807, 2.05) is 56.1 Å². The van der Waals surface area contributed by atoms with Crippen molar-refractivity contribution in [2.24, 2.45) is 0 Å². The Morgan fingerprint density at radius 1 is 0.941 bits per heavy atom. The number of benzene rings is 2. The Hall–Kier alpha value is -1.33. The third kappa shape index (κ3) is 2.35. The molecule has 1 nitrogen and oxygen atoms in total. The topological polar surface area (TPSA) is 17.1 Å². The predicted molar refractivity (Wildman–Crippen MR) is 75.2 cm³/mol. The molecule has 0 aliphatic carbocycles. The van der Waals surface area contributed by atoms with Gasteiger partial charge in [-0.3, -0.25) is 0 Å². The Bertz CT molecular complexity index is 573. The highest BCUT2D eigenvalue weighted by molar-refractivity contribution is 7.78. The van der Waals surface area contributed by atoms with Gasteiger partial charge in [-0.2, -0.15) is 0 Å². The molecule has 0 heterocycles. The summed E-state index contributed by atoms with van der Waals surface area (Å²) >= 11 is 0. The SMILES string of the molecule is Cc1ccc(P(C)(=O)c2ccccc2)c(C)c1. The molecule has 0 saturated heterocycles. The molecule has 0 fully saturated rings. The van der Waals surface area contributed by atoms with Crippen LogP contribution in [-0.2, 0) is 4.57 Å². The fourth-order valence-corrected chi connectivity index (χ4v) is 4.25. The van der Waals surface area contributed by atoms with Crippen LogP contribution in [0.5, 0.6) is 0 Å². The summed E-state index contributed by atoms with van der Waals surface area (Å²) in [5, 5.41) is 1.89. The van der Waals surface area contributed by atoms with Gasteiger partial charge in [0.1, 0.15) is 7.14 Å². The lowest BCUT2D eigenvalue weighted by Gasteiger charge is -2.16. The molecule has 2 aromatic rings. The first kappa shape index (κ1) is 12.1. The summed E-state index contributed by atoms with van der Waals surface area (Å²) in [6.07, 6.45) is 0. The lowest BCUT2D eigenvalue weighted by molar-refractivity contribution is 0.590. The van der Waals surface area contributed by atoms with Gasteiger partial charge in [-0.1, -0.05) is 54.1 Å². The van der Waals surface area contributed by atoms with E-state index in [9.17, 15) is 4.57 Å². The molecule has 0 spiro atoms. The van der Waals surface area contributed by atoms with Crippen LogP contribution in [0.2, 0.25) is 0 Å².